The van der Waals surface area contributed by atoms with Gasteiger partial charge in [0.1, 0.15) is 0 Å². The monoisotopic (exact) mass is 213 g/mol. The fourth-order valence-electron chi connectivity index (χ4n) is 2.24. The minimum absolute atomic E-state index is 0.396. The van der Waals surface area contributed by atoms with Crippen molar-refractivity contribution in [3.05, 3.63) is 0 Å². The second-order valence-corrected chi connectivity index (χ2v) is 5.26. The molecule has 0 radical (unpaired) electrons. The lowest BCUT2D eigenvalue weighted by atomic mass is 9.89. The second kappa shape index (κ2) is 5.28. The summed E-state index contributed by atoms with van der Waals surface area (Å²) in [5.41, 5.74) is 0.396. The summed E-state index contributed by atoms with van der Waals surface area (Å²) in [5, 5.41) is 3.52. The fraction of sp³-hybridized carbons (Fsp3) is 1.00. The third-order valence-electron chi connectivity index (χ3n) is 3.37. The molecule has 0 aromatic heterocycles. The normalized spacial score (nSPS) is 29.8. The van der Waals surface area contributed by atoms with E-state index in [1.165, 1.54) is 19.3 Å². The average Bonchev–Trinajstić information content (AvgIpc) is 2.23. The third-order valence-corrected chi connectivity index (χ3v) is 3.37. The Morgan fingerprint density at radius 2 is 2.20 bits per heavy atom. The van der Waals surface area contributed by atoms with Gasteiger partial charge in [0.25, 0.3) is 0 Å². The zero-order chi connectivity index (χ0) is 10.6. The first-order chi connectivity index (χ1) is 7.29. The smallest absolute Gasteiger partial charge is 0.0587 e. The van der Waals surface area contributed by atoms with Gasteiger partial charge in [0.15, 0.2) is 0 Å². The Hall–Kier alpha value is -0.120. The number of rotatable bonds is 5. The Morgan fingerprint density at radius 3 is 2.80 bits per heavy atom. The summed E-state index contributed by atoms with van der Waals surface area (Å²) in [7, 11) is 0. The molecule has 2 saturated heterocycles. The van der Waals surface area contributed by atoms with E-state index in [2.05, 4.69) is 12.2 Å². The Morgan fingerprint density at radius 1 is 1.33 bits per heavy atom. The summed E-state index contributed by atoms with van der Waals surface area (Å²) in [6, 6.07) is 0. The van der Waals surface area contributed by atoms with Crippen LogP contribution in [0, 0.1) is 5.41 Å². The van der Waals surface area contributed by atoms with Gasteiger partial charge in [-0.25, -0.2) is 0 Å². The van der Waals surface area contributed by atoms with E-state index < -0.39 is 0 Å². The Bertz CT molecular complexity index is 186. The van der Waals surface area contributed by atoms with Crippen LogP contribution in [0.15, 0.2) is 0 Å². The number of ether oxygens (including phenoxy) is 2. The molecule has 0 aliphatic carbocycles. The van der Waals surface area contributed by atoms with Crippen molar-refractivity contribution in [2.24, 2.45) is 5.41 Å². The standard InChI is InChI=1S/C12H23NO2/c1-12(9-14-10-12)8-13-6-5-11-4-2-3-7-15-11/h11,13H,2-10H2,1H3. The highest BCUT2D eigenvalue weighted by Crippen LogP contribution is 2.25. The molecule has 88 valence electrons. The van der Waals surface area contributed by atoms with Crippen LogP contribution in [-0.2, 0) is 9.47 Å². The maximum absolute atomic E-state index is 5.69. The topological polar surface area (TPSA) is 30.5 Å². The van der Waals surface area contributed by atoms with Gasteiger partial charge in [-0.05, 0) is 32.2 Å². The number of hydrogen-bond donors (Lipinski definition) is 1. The van der Waals surface area contributed by atoms with Gasteiger partial charge in [-0.3, -0.25) is 0 Å². The van der Waals surface area contributed by atoms with Crippen molar-refractivity contribution in [1.82, 2.24) is 5.32 Å². The van der Waals surface area contributed by atoms with Gasteiger partial charge in [0.2, 0.25) is 0 Å². The molecular formula is C12H23NO2. The van der Waals surface area contributed by atoms with Crippen molar-refractivity contribution >= 4 is 0 Å². The molecule has 2 fully saturated rings. The average molecular weight is 213 g/mol. The first-order valence-electron chi connectivity index (χ1n) is 6.19. The van der Waals surface area contributed by atoms with Crippen molar-refractivity contribution in [2.75, 3.05) is 32.9 Å². The highest BCUT2D eigenvalue weighted by Gasteiger charge is 2.32. The number of hydrogen-bond acceptors (Lipinski definition) is 3. The zero-order valence-electron chi connectivity index (χ0n) is 9.76. The SMILES string of the molecule is CC1(CNCCC2CCCCO2)COC1. The van der Waals surface area contributed by atoms with E-state index in [1.807, 2.05) is 0 Å². The molecular weight excluding hydrogens is 190 g/mol. The van der Waals surface area contributed by atoms with Crippen LogP contribution in [0.3, 0.4) is 0 Å². The van der Waals surface area contributed by atoms with Crippen LogP contribution >= 0.6 is 0 Å². The fourth-order valence-corrected chi connectivity index (χ4v) is 2.24. The molecule has 2 rings (SSSR count). The van der Waals surface area contributed by atoms with Crippen molar-refractivity contribution in [3.8, 4) is 0 Å². The summed E-state index contributed by atoms with van der Waals surface area (Å²) >= 11 is 0. The van der Waals surface area contributed by atoms with Crippen LogP contribution in [0.4, 0.5) is 0 Å². The molecule has 1 unspecified atom stereocenters. The lowest BCUT2D eigenvalue weighted by molar-refractivity contribution is -0.0992. The van der Waals surface area contributed by atoms with Crippen molar-refractivity contribution in [3.63, 3.8) is 0 Å². The molecule has 0 aromatic carbocycles. The second-order valence-electron chi connectivity index (χ2n) is 5.26. The summed E-state index contributed by atoms with van der Waals surface area (Å²) in [4.78, 5) is 0. The van der Waals surface area contributed by atoms with E-state index in [9.17, 15) is 0 Å². The van der Waals surface area contributed by atoms with Gasteiger partial charge in [-0.1, -0.05) is 6.92 Å². The molecule has 0 amide bonds. The minimum atomic E-state index is 0.396. The van der Waals surface area contributed by atoms with Gasteiger partial charge >= 0.3 is 0 Å². The summed E-state index contributed by atoms with van der Waals surface area (Å²) < 4.78 is 10.9. The van der Waals surface area contributed by atoms with Gasteiger partial charge < -0.3 is 14.8 Å². The summed E-state index contributed by atoms with van der Waals surface area (Å²) in [5.74, 6) is 0. The van der Waals surface area contributed by atoms with Gasteiger partial charge in [0.05, 0.1) is 19.3 Å². The van der Waals surface area contributed by atoms with E-state index in [0.717, 1.165) is 39.3 Å². The van der Waals surface area contributed by atoms with E-state index >= 15 is 0 Å². The van der Waals surface area contributed by atoms with Crippen LogP contribution in [0.2, 0.25) is 0 Å². The first kappa shape index (κ1) is 11.4. The first-order valence-corrected chi connectivity index (χ1v) is 6.19. The minimum Gasteiger partial charge on any atom is -0.380 e. The van der Waals surface area contributed by atoms with E-state index in [0.29, 0.717) is 11.5 Å². The summed E-state index contributed by atoms with van der Waals surface area (Å²) in [6.45, 7) is 7.25. The maximum Gasteiger partial charge on any atom is 0.0587 e. The maximum atomic E-state index is 5.69. The Kier molecular flexibility index (Phi) is 4.00. The van der Waals surface area contributed by atoms with Crippen LogP contribution < -0.4 is 5.32 Å². The predicted octanol–water partition coefficient (Wildman–Crippen LogP) is 1.57. The molecule has 1 N–H and O–H groups in total. The highest BCUT2D eigenvalue weighted by molar-refractivity contribution is 4.82. The van der Waals surface area contributed by atoms with Gasteiger partial charge in [0, 0.05) is 18.6 Å². The molecule has 15 heavy (non-hydrogen) atoms. The summed E-state index contributed by atoms with van der Waals surface area (Å²) in [6.07, 6.45) is 5.52. The van der Waals surface area contributed by atoms with Crippen molar-refractivity contribution in [2.45, 2.75) is 38.7 Å². The molecule has 2 aliphatic heterocycles. The lowest BCUT2D eigenvalue weighted by Crippen LogP contribution is -2.47. The molecule has 0 spiro atoms. The highest BCUT2D eigenvalue weighted by atomic mass is 16.5. The zero-order valence-corrected chi connectivity index (χ0v) is 9.76. The molecule has 0 aromatic rings. The Labute approximate surface area is 92.5 Å². The quantitative estimate of drug-likeness (QED) is 0.703. The van der Waals surface area contributed by atoms with Gasteiger partial charge in [-0.2, -0.15) is 0 Å². The molecule has 0 bridgehead atoms. The van der Waals surface area contributed by atoms with E-state index in [-0.39, 0.29) is 0 Å². The van der Waals surface area contributed by atoms with Crippen molar-refractivity contribution < 1.29 is 9.47 Å². The molecule has 2 aliphatic rings. The van der Waals surface area contributed by atoms with E-state index in [1.54, 1.807) is 0 Å². The molecule has 2 heterocycles. The largest absolute Gasteiger partial charge is 0.380 e. The Balaban J connectivity index is 1.50. The van der Waals surface area contributed by atoms with E-state index in [4.69, 9.17) is 9.47 Å². The van der Waals surface area contributed by atoms with Crippen molar-refractivity contribution in [1.29, 1.82) is 0 Å². The molecule has 3 nitrogen and oxygen atoms in total. The van der Waals surface area contributed by atoms with Crippen LogP contribution in [0.5, 0.6) is 0 Å². The van der Waals surface area contributed by atoms with Crippen LogP contribution in [-0.4, -0.2) is 39.0 Å². The van der Waals surface area contributed by atoms with Crippen LogP contribution in [0.25, 0.3) is 0 Å². The number of nitrogens with one attached hydrogen (secondary N) is 1. The molecule has 1 atom stereocenters. The van der Waals surface area contributed by atoms with Gasteiger partial charge in [-0.15, -0.1) is 0 Å². The lowest BCUT2D eigenvalue weighted by Gasteiger charge is -2.38. The predicted molar refractivity (Wildman–Crippen MR) is 60.0 cm³/mol. The molecule has 0 saturated carbocycles. The molecule has 3 heteroatoms. The van der Waals surface area contributed by atoms with Crippen LogP contribution in [0.1, 0.15) is 32.6 Å². The third kappa shape index (κ3) is 3.44.